The van der Waals surface area contributed by atoms with E-state index in [9.17, 15) is 0 Å². The molecule has 2 aromatic rings. The molecule has 0 saturated heterocycles. The van der Waals surface area contributed by atoms with Crippen LogP contribution in [0.5, 0.6) is 5.88 Å². The zero-order valence-corrected chi connectivity index (χ0v) is 11.0. The van der Waals surface area contributed by atoms with Crippen LogP contribution >= 0.6 is 22.9 Å². The van der Waals surface area contributed by atoms with Crippen LogP contribution in [0.15, 0.2) is 18.3 Å². The topological polar surface area (TPSA) is 47.9 Å². The number of aromatic nitrogens is 3. The van der Waals surface area contributed by atoms with E-state index in [4.69, 9.17) is 16.3 Å². The molecule has 0 N–H and O–H groups in total. The van der Waals surface area contributed by atoms with Crippen molar-refractivity contribution in [3.05, 3.63) is 23.3 Å². The van der Waals surface area contributed by atoms with Gasteiger partial charge in [-0.15, -0.1) is 21.8 Å². The Labute approximate surface area is 109 Å². The Morgan fingerprint density at radius 1 is 1.41 bits per heavy atom. The zero-order chi connectivity index (χ0) is 12.1. The number of hydrogen-bond acceptors (Lipinski definition) is 5. The van der Waals surface area contributed by atoms with Gasteiger partial charge in [0.05, 0.1) is 12.7 Å². The van der Waals surface area contributed by atoms with Crippen molar-refractivity contribution in [1.82, 2.24) is 15.2 Å². The first-order valence-electron chi connectivity index (χ1n) is 5.23. The lowest BCUT2D eigenvalue weighted by molar-refractivity contribution is 0.399. The number of nitrogens with zero attached hydrogens (tertiary/aromatic N) is 3. The number of alkyl halides is 1. The van der Waals surface area contributed by atoms with Crippen molar-refractivity contribution < 1.29 is 4.74 Å². The number of aryl methyl sites for hydroxylation is 1. The molecule has 0 fully saturated rings. The SMILES string of the molecule is COc1ncccc1-c1nnc(CCCCl)s1. The van der Waals surface area contributed by atoms with Crippen LogP contribution in [-0.4, -0.2) is 28.2 Å². The lowest BCUT2D eigenvalue weighted by atomic mass is 10.3. The molecular formula is C11H12ClN3OS. The van der Waals surface area contributed by atoms with Crippen LogP contribution in [0.2, 0.25) is 0 Å². The molecule has 0 spiro atoms. The summed E-state index contributed by atoms with van der Waals surface area (Å²) >= 11 is 7.20. The molecular weight excluding hydrogens is 258 g/mol. The van der Waals surface area contributed by atoms with Crippen molar-refractivity contribution in [2.75, 3.05) is 13.0 Å². The molecule has 6 heteroatoms. The number of pyridine rings is 1. The summed E-state index contributed by atoms with van der Waals surface area (Å²) in [6.07, 6.45) is 3.47. The van der Waals surface area contributed by atoms with Crippen molar-refractivity contribution in [3.8, 4) is 16.5 Å². The van der Waals surface area contributed by atoms with Gasteiger partial charge in [0.15, 0.2) is 5.01 Å². The fourth-order valence-electron chi connectivity index (χ4n) is 1.40. The number of halogens is 1. The first kappa shape index (κ1) is 12.3. The van der Waals surface area contributed by atoms with Gasteiger partial charge in [0.1, 0.15) is 5.01 Å². The van der Waals surface area contributed by atoms with E-state index in [1.165, 1.54) is 0 Å². The summed E-state index contributed by atoms with van der Waals surface area (Å²) in [7, 11) is 1.60. The van der Waals surface area contributed by atoms with E-state index in [0.29, 0.717) is 11.8 Å². The number of methoxy groups -OCH3 is 1. The van der Waals surface area contributed by atoms with E-state index in [-0.39, 0.29) is 0 Å². The first-order valence-corrected chi connectivity index (χ1v) is 6.58. The Kier molecular flexibility index (Phi) is 4.28. The summed E-state index contributed by atoms with van der Waals surface area (Å²) < 4.78 is 5.20. The van der Waals surface area contributed by atoms with Gasteiger partial charge in [-0.25, -0.2) is 4.98 Å². The van der Waals surface area contributed by atoms with Crippen LogP contribution in [0.4, 0.5) is 0 Å². The van der Waals surface area contributed by atoms with E-state index in [0.717, 1.165) is 28.4 Å². The van der Waals surface area contributed by atoms with E-state index in [1.54, 1.807) is 24.6 Å². The van der Waals surface area contributed by atoms with Crippen LogP contribution in [0.25, 0.3) is 10.6 Å². The molecule has 0 amide bonds. The second kappa shape index (κ2) is 5.93. The summed E-state index contributed by atoms with van der Waals surface area (Å²) in [6.45, 7) is 0. The molecule has 0 saturated carbocycles. The maximum Gasteiger partial charge on any atom is 0.223 e. The van der Waals surface area contributed by atoms with Crippen molar-refractivity contribution in [2.45, 2.75) is 12.8 Å². The summed E-state index contributed by atoms with van der Waals surface area (Å²) in [5.74, 6) is 1.22. The summed E-state index contributed by atoms with van der Waals surface area (Å²) in [6, 6.07) is 3.79. The highest BCUT2D eigenvalue weighted by atomic mass is 35.5. The predicted octanol–water partition coefficient (Wildman–Crippen LogP) is 2.78. The van der Waals surface area contributed by atoms with E-state index in [1.807, 2.05) is 12.1 Å². The van der Waals surface area contributed by atoms with Gasteiger partial charge >= 0.3 is 0 Å². The maximum absolute atomic E-state index is 5.65. The highest BCUT2D eigenvalue weighted by Gasteiger charge is 2.11. The summed E-state index contributed by atoms with van der Waals surface area (Å²) in [4.78, 5) is 4.14. The van der Waals surface area contributed by atoms with Crippen molar-refractivity contribution in [2.24, 2.45) is 0 Å². The Balaban J connectivity index is 2.24. The van der Waals surface area contributed by atoms with Gasteiger partial charge in [0.2, 0.25) is 5.88 Å². The average Bonchev–Trinajstić information content (AvgIpc) is 2.85. The van der Waals surface area contributed by atoms with Gasteiger partial charge in [0, 0.05) is 18.5 Å². The molecule has 0 unspecified atom stereocenters. The molecule has 2 aromatic heterocycles. The molecule has 17 heavy (non-hydrogen) atoms. The van der Waals surface area contributed by atoms with Crippen molar-refractivity contribution >= 4 is 22.9 Å². The third-order valence-corrected chi connectivity index (χ3v) is 3.47. The molecule has 0 aliphatic carbocycles. The van der Waals surface area contributed by atoms with Gasteiger partial charge in [0.25, 0.3) is 0 Å². The zero-order valence-electron chi connectivity index (χ0n) is 9.39. The molecule has 2 heterocycles. The Morgan fingerprint density at radius 2 is 2.29 bits per heavy atom. The minimum Gasteiger partial charge on any atom is -0.480 e. The molecule has 0 atom stereocenters. The maximum atomic E-state index is 5.65. The summed E-state index contributed by atoms with van der Waals surface area (Å²) in [5, 5.41) is 10.1. The second-order valence-electron chi connectivity index (χ2n) is 3.35. The van der Waals surface area contributed by atoms with Crippen LogP contribution in [0.1, 0.15) is 11.4 Å². The highest BCUT2D eigenvalue weighted by Crippen LogP contribution is 2.30. The minimum atomic E-state index is 0.576. The second-order valence-corrected chi connectivity index (χ2v) is 4.79. The van der Waals surface area contributed by atoms with Gasteiger partial charge in [-0.05, 0) is 18.6 Å². The molecule has 0 aliphatic heterocycles. The third-order valence-electron chi connectivity index (χ3n) is 2.19. The number of ether oxygens (including phenoxy) is 1. The fraction of sp³-hybridized carbons (Fsp3) is 0.364. The van der Waals surface area contributed by atoms with E-state index in [2.05, 4.69) is 15.2 Å². The molecule has 4 nitrogen and oxygen atoms in total. The monoisotopic (exact) mass is 269 g/mol. The lowest BCUT2D eigenvalue weighted by Crippen LogP contribution is -1.90. The Hall–Kier alpha value is -1.20. The molecule has 0 aliphatic rings. The molecule has 0 bridgehead atoms. The van der Waals surface area contributed by atoms with Crippen LogP contribution in [-0.2, 0) is 6.42 Å². The van der Waals surface area contributed by atoms with Crippen LogP contribution in [0.3, 0.4) is 0 Å². The third kappa shape index (κ3) is 2.92. The molecule has 0 radical (unpaired) electrons. The van der Waals surface area contributed by atoms with Gasteiger partial charge < -0.3 is 4.74 Å². The number of hydrogen-bond donors (Lipinski definition) is 0. The standard InChI is InChI=1S/C11H12ClN3OS/c1-16-10-8(4-3-7-13-10)11-15-14-9(17-11)5-2-6-12/h3-4,7H,2,5-6H2,1H3. The van der Waals surface area contributed by atoms with E-state index < -0.39 is 0 Å². The van der Waals surface area contributed by atoms with Crippen molar-refractivity contribution in [1.29, 1.82) is 0 Å². The van der Waals surface area contributed by atoms with Gasteiger partial charge in [-0.2, -0.15) is 0 Å². The van der Waals surface area contributed by atoms with Gasteiger partial charge in [-0.3, -0.25) is 0 Å². The fourth-order valence-corrected chi connectivity index (χ4v) is 2.43. The Bertz CT molecular complexity index is 489. The highest BCUT2D eigenvalue weighted by molar-refractivity contribution is 7.14. The molecule has 2 rings (SSSR count). The van der Waals surface area contributed by atoms with Crippen LogP contribution < -0.4 is 4.74 Å². The normalized spacial score (nSPS) is 10.5. The van der Waals surface area contributed by atoms with Crippen LogP contribution in [0, 0.1) is 0 Å². The average molecular weight is 270 g/mol. The molecule has 90 valence electrons. The summed E-state index contributed by atoms with van der Waals surface area (Å²) in [5.41, 5.74) is 0.879. The lowest BCUT2D eigenvalue weighted by Gasteiger charge is -2.02. The quantitative estimate of drug-likeness (QED) is 0.783. The predicted molar refractivity (Wildman–Crippen MR) is 68.7 cm³/mol. The largest absolute Gasteiger partial charge is 0.480 e. The molecule has 0 aromatic carbocycles. The van der Waals surface area contributed by atoms with Gasteiger partial charge in [-0.1, -0.05) is 11.3 Å². The number of rotatable bonds is 5. The minimum absolute atomic E-state index is 0.576. The first-order chi connectivity index (χ1) is 8.35. The van der Waals surface area contributed by atoms with E-state index >= 15 is 0 Å². The smallest absolute Gasteiger partial charge is 0.223 e. The van der Waals surface area contributed by atoms with Crippen molar-refractivity contribution in [3.63, 3.8) is 0 Å². The Morgan fingerprint density at radius 3 is 3.06 bits per heavy atom.